The number of para-hydroxylation sites is 1. The predicted molar refractivity (Wildman–Crippen MR) is 99.2 cm³/mol. The van der Waals surface area contributed by atoms with Crippen molar-refractivity contribution in [3.05, 3.63) is 67.6 Å². The first-order valence-electron chi connectivity index (χ1n) is 7.71. The molecule has 0 N–H and O–H groups in total. The van der Waals surface area contributed by atoms with Gasteiger partial charge in [-0.1, -0.05) is 45.7 Å². The van der Waals surface area contributed by atoms with E-state index >= 15 is 0 Å². The van der Waals surface area contributed by atoms with Crippen molar-refractivity contribution in [3.8, 4) is 5.75 Å². The van der Waals surface area contributed by atoms with Crippen LogP contribution in [0.1, 0.15) is 5.56 Å². The Morgan fingerprint density at radius 2 is 1.93 bits per heavy atom. The standard InChI is InChI=1S/C17H13BrClF3N2O4/c18-12-5-6-15(13(19)7-12)28-9-16(25)23(10-17(20,21)22)8-11-3-1-2-4-14(11)24(26)27/h1-7H,8-10H2. The Kier molecular flexibility index (Phi) is 7.25. The van der Waals surface area contributed by atoms with Crippen LogP contribution in [-0.2, 0) is 11.3 Å². The number of hydrogen-bond acceptors (Lipinski definition) is 4. The molecule has 2 aromatic carbocycles. The van der Waals surface area contributed by atoms with Crippen LogP contribution in [0.2, 0.25) is 5.02 Å². The average Bonchev–Trinajstić information content (AvgIpc) is 2.59. The number of halogens is 5. The van der Waals surface area contributed by atoms with Crippen molar-refractivity contribution in [1.82, 2.24) is 4.90 Å². The van der Waals surface area contributed by atoms with Crippen molar-refractivity contribution in [3.63, 3.8) is 0 Å². The summed E-state index contributed by atoms with van der Waals surface area (Å²) in [5.74, 6) is -0.870. The third kappa shape index (κ3) is 6.38. The topological polar surface area (TPSA) is 72.7 Å². The fourth-order valence-corrected chi connectivity index (χ4v) is 3.03. The molecular formula is C17H13BrClF3N2O4. The molecule has 0 aromatic heterocycles. The van der Waals surface area contributed by atoms with Gasteiger partial charge in [-0.05, 0) is 18.2 Å². The van der Waals surface area contributed by atoms with Gasteiger partial charge in [-0.25, -0.2) is 0 Å². The SMILES string of the molecule is O=C(COc1ccc(Br)cc1Cl)N(Cc1ccccc1[N+](=O)[O-])CC(F)(F)F. The zero-order valence-electron chi connectivity index (χ0n) is 14.1. The number of carbonyl (C=O) groups excluding carboxylic acids is 1. The van der Waals surface area contributed by atoms with Crippen molar-refractivity contribution < 1.29 is 27.6 Å². The molecule has 0 spiro atoms. The van der Waals surface area contributed by atoms with Crippen LogP contribution in [0.25, 0.3) is 0 Å². The smallest absolute Gasteiger partial charge is 0.406 e. The van der Waals surface area contributed by atoms with Gasteiger partial charge in [0.15, 0.2) is 6.61 Å². The second-order valence-electron chi connectivity index (χ2n) is 5.61. The van der Waals surface area contributed by atoms with Crippen molar-refractivity contribution >= 4 is 39.1 Å². The summed E-state index contributed by atoms with van der Waals surface area (Å²) in [6, 6.07) is 9.82. The lowest BCUT2D eigenvalue weighted by atomic mass is 10.1. The minimum atomic E-state index is -4.69. The number of nitro benzene ring substituents is 1. The highest BCUT2D eigenvalue weighted by Gasteiger charge is 2.34. The Bertz CT molecular complexity index is 880. The van der Waals surface area contributed by atoms with Crippen molar-refractivity contribution in [2.75, 3.05) is 13.2 Å². The van der Waals surface area contributed by atoms with Gasteiger partial charge >= 0.3 is 6.18 Å². The number of nitrogens with zero attached hydrogens (tertiary/aromatic N) is 2. The monoisotopic (exact) mass is 480 g/mol. The normalized spacial score (nSPS) is 11.2. The molecule has 0 aliphatic rings. The molecule has 0 heterocycles. The summed E-state index contributed by atoms with van der Waals surface area (Å²) < 4.78 is 44.6. The Morgan fingerprint density at radius 1 is 1.25 bits per heavy atom. The summed E-state index contributed by atoms with van der Waals surface area (Å²) >= 11 is 9.14. The molecule has 0 saturated carbocycles. The van der Waals surface area contributed by atoms with Crippen LogP contribution in [0.3, 0.4) is 0 Å². The molecule has 6 nitrogen and oxygen atoms in total. The molecule has 0 fully saturated rings. The van der Waals surface area contributed by atoms with Crippen LogP contribution < -0.4 is 4.74 Å². The summed E-state index contributed by atoms with van der Waals surface area (Å²) in [5.41, 5.74) is -0.397. The Hall–Kier alpha value is -2.33. The lowest BCUT2D eigenvalue weighted by Gasteiger charge is -2.24. The molecule has 0 atom stereocenters. The Morgan fingerprint density at radius 3 is 2.54 bits per heavy atom. The van der Waals surface area contributed by atoms with E-state index in [2.05, 4.69) is 15.9 Å². The molecule has 0 bridgehead atoms. The van der Waals surface area contributed by atoms with E-state index in [9.17, 15) is 28.1 Å². The van der Waals surface area contributed by atoms with E-state index in [1.54, 1.807) is 6.07 Å². The first-order valence-corrected chi connectivity index (χ1v) is 8.88. The largest absolute Gasteiger partial charge is 0.482 e. The highest BCUT2D eigenvalue weighted by molar-refractivity contribution is 9.10. The van der Waals surface area contributed by atoms with Gasteiger partial charge in [-0.2, -0.15) is 13.2 Å². The van der Waals surface area contributed by atoms with Gasteiger partial charge in [-0.15, -0.1) is 0 Å². The van der Waals surface area contributed by atoms with Crippen LogP contribution in [-0.4, -0.2) is 35.1 Å². The number of nitro groups is 1. The molecule has 0 unspecified atom stereocenters. The number of carbonyl (C=O) groups is 1. The average molecular weight is 482 g/mol. The Balaban J connectivity index is 2.18. The van der Waals surface area contributed by atoms with Crippen molar-refractivity contribution in [2.45, 2.75) is 12.7 Å². The second kappa shape index (κ2) is 9.24. The minimum Gasteiger partial charge on any atom is -0.482 e. The third-order valence-corrected chi connectivity index (χ3v) is 4.31. The van der Waals surface area contributed by atoms with Gasteiger partial charge in [0.25, 0.3) is 11.6 Å². The third-order valence-electron chi connectivity index (χ3n) is 3.52. The number of hydrogen-bond donors (Lipinski definition) is 0. The summed E-state index contributed by atoms with van der Waals surface area (Å²) in [6.45, 7) is -2.87. The lowest BCUT2D eigenvalue weighted by Crippen LogP contribution is -2.41. The van der Waals surface area contributed by atoms with E-state index in [1.807, 2.05) is 0 Å². The number of amides is 1. The number of ether oxygens (including phenoxy) is 1. The van der Waals surface area contributed by atoms with Gasteiger partial charge < -0.3 is 9.64 Å². The highest BCUT2D eigenvalue weighted by atomic mass is 79.9. The summed E-state index contributed by atoms with van der Waals surface area (Å²) in [5, 5.41) is 11.2. The lowest BCUT2D eigenvalue weighted by molar-refractivity contribution is -0.385. The van der Waals surface area contributed by atoms with E-state index in [4.69, 9.17) is 16.3 Å². The van der Waals surface area contributed by atoms with Crippen LogP contribution in [0.15, 0.2) is 46.9 Å². The molecule has 0 aliphatic heterocycles. The first-order chi connectivity index (χ1) is 13.1. The summed E-state index contributed by atoms with van der Waals surface area (Å²) in [6.07, 6.45) is -4.69. The molecule has 150 valence electrons. The van der Waals surface area contributed by atoms with Crippen molar-refractivity contribution in [1.29, 1.82) is 0 Å². The number of rotatable bonds is 7. The highest BCUT2D eigenvalue weighted by Crippen LogP contribution is 2.28. The van der Waals surface area contributed by atoms with Gasteiger partial charge in [0.2, 0.25) is 0 Å². The fraction of sp³-hybridized carbons (Fsp3) is 0.235. The maximum absolute atomic E-state index is 12.9. The molecule has 2 rings (SSSR count). The van der Waals surface area contributed by atoms with Crippen LogP contribution >= 0.6 is 27.5 Å². The van der Waals surface area contributed by atoms with E-state index in [-0.39, 0.29) is 22.0 Å². The number of benzene rings is 2. The second-order valence-corrected chi connectivity index (χ2v) is 6.94. The maximum atomic E-state index is 12.9. The van der Waals surface area contributed by atoms with Gasteiger partial charge in [0.1, 0.15) is 12.3 Å². The minimum absolute atomic E-state index is 0.0215. The molecule has 1 amide bonds. The Labute approximate surface area is 171 Å². The van der Waals surface area contributed by atoms with Crippen LogP contribution in [0.4, 0.5) is 18.9 Å². The van der Waals surface area contributed by atoms with Gasteiger partial charge in [-0.3, -0.25) is 14.9 Å². The van der Waals surface area contributed by atoms with Crippen molar-refractivity contribution in [2.24, 2.45) is 0 Å². The summed E-state index contributed by atoms with van der Waals surface area (Å²) in [7, 11) is 0. The molecule has 0 saturated heterocycles. The molecule has 11 heteroatoms. The van der Waals surface area contributed by atoms with Crippen LogP contribution in [0, 0.1) is 10.1 Å². The molecular weight excluding hydrogens is 469 g/mol. The maximum Gasteiger partial charge on any atom is 0.406 e. The quantitative estimate of drug-likeness (QED) is 0.413. The molecule has 28 heavy (non-hydrogen) atoms. The molecule has 0 radical (unpaired) electrons. The fourth-order valence-electron chi connectivity index (χ4n) is 2.30. The van der Waals surface area contributed by atoms with Crippen LogP contribution in [0.5, 0.6) is 5.75 Å². The van der Waals surface area contributed by atoms with E-state index in [0.29, 0.717) is 9.37 Å². The van der Waals surface area contributed by atoms with Gasteiger partial charge in [0, 0.05) is 16.1 Å². The van der Waals surface area contributed by atoms with Gasteiger partial charge in [0.05, 0.1) is 16.5 Å². The molecule has 0 aliphatic carbocycles. The van der Waals surface area contributed by atoms with E-state index in [1.165, 1.54) is 30.3 Å². The summed E-state index contributed by atoms with van der Waals surface area (Å²) in [4.78, 5) is 23.1. The van der Waals surface area contributed by atoms with E-state index in [0.717, 1.165) is 6.07 Å². The number of alkyl halides is 3. The molecule has 2 aromatic rings. The zero-order valence-corrected chi connectivity index (χ0v) is 16.4. The van der Waals surface area contributed by atoms with E-state index < -0.39 is 36.7 Å². The zero-order chi connectivity index (χ0) is 20.9. The first kappa shape index (κ1) is 22.0. The predicted octanol–water partition coefficient (Wildman–Crippen LogP) is 4.98.